The Hall–Kier alpha value is -1.51. The molecule has 1 aromatic heterocycles. The van der Waals surface area contributed by atoms with Gasteiger partial charge in [0.25, 0.3) is 5.91 Å². The van der Waals surface area contributed by atoms with Gasteiger partial charge in [0.15, 0.2) is 0 Å². The second-order valence-corrected chi connectivity index (χ2v) is 10.5. The van der Waals surface area contributed by atoms with Crippen LogP contribution in [-0.2, 0) is 17.7 Å². The van der Waals surface area contributed by atoms with Gasteiger partial charge in [0, 0.05) is 49.1 Å². The first-order valence-corrected chi connectivity index (χ1v) is 12.6. The van der Waals surface area contributed by atoms with E-state index in [0.29, 0.717) is 42.8 Å². The summed E-state index contributed by atoms with van der Waals surface area (Å²) in [5.41, 5.74) is 2.51. The Labute approximate surface area is 199 Å². The lowest BCUT2D eigenvalue weighted by atomic mass is 9.89. The van der Waals surface area contributed by atoms with Crippen LogP contribution in [0.25, 0.3) is 0 Å². The Morgan fingerprint density at radius 2 is 2.09 bits per heavy atom. The number of nitrogens with zero attached hydrogens (tertiary/aromatic N) is 3. The van der Waals surface area contributed by atoms with Gasteiger partial charge < -0.3 is 14.7 Å². The first-order chi connectivity index (χ1) is 15.4. The quantitative estimate of drug-likeness (QED) is 0.682. The molecule has 2 aliphatic heterocycles. The maximum atomic E-state index is 13.1. The van der Waals surface area contributed by atoms with Crippen LogP contribution in [0.2, 0.25) is 5.02 Å². The lowest BCUT2D eigenvalue weighted by Crippen LogP contribution is -2.58. The average molecular weight is 478 g/mol. The predicted molar refractivity (Wildman–Crippen MR) is 128 cm³/mol. The summed E-state index contributed by atoms with van der Waals surface area (Å²) >= 11 is 7.80. The van der Waals surface area contributed by atoms with Crippen molar-refractivity contribution in [2.75, 3.05) is 39.4 Å². The highest BCUT2D eigenvalue weighted by Gasteiger charge is 2.41. The van der Waals surface area contributed by atoms with Crippen molar-refractivity contribution in [3.05, 3.63) is 50.4 Å². The Bertz CT molecular complexity index is 940. The normalized spacial score (nSPS) is 19.1. The second-order valence-electron chi connectivity index (χ2n) is 9.16. The minimum atomic E-state index is -0.261. The minimum Gasteiger partial charge on any atom is -0.396 e. The number of aromatic nitrogens is 1. The standard InChI is InChI=1S/C24H32ClN3O3S/c1-17(2)22-26-21(15-32-22)23(30)28-10-12-31-24(16-28)6-8-27(9-7-24)14-18-3-4-20(25)19(13-18)5-11-29/h3-4,13,15,17,29H,5-12,14,16H2,1-2H3. The van der Waals surface area contributed by atoms with Gasteiger partial charge in [0.05, 0.1) is 23.8 Å². The minimum absolute atomic E-state index is 0.0239. The largest absolute Gasteiger partial charge is 0.396 e. The lowest BCUT2D eigenvalue weighted by molar-refractivity contribution is -0.128. The molecule has 4 rings (SSSR count). The molecule has 1 amide bonds. The number of hydrogen-bond acceptors (Lipinski definition) is 6. The monoisotopic (exact) mass is 477 g/mol. The summed E-state index contributed by atoms with van der Waals surface area (Å²) in [6, 6.07) is 6.08. The second kappa shape index (κ2) is 10.2. The topological polar surface area (TPSA) is 65.9 Å². The third kappa shape index (κ3) is 5.34. The summed E-state index contributed by atoms with van der Waals surface area (Å²) < 4.78 is 6.25. The number of hydrogen-bond donors (Lipinski definition) is 1. The van der Waals surface area contributed by atoms with Crippen LogP contribution in [0.5, 0.6) is 0 Å². The fraction of sp³-hybridized carbons (Fsp3) is 0.583. The molecule has 0 atom stereocenters. The number of benzene rings is 1. The van der Waals surface area contributed by atoms with E-state index in [0.717, 1.165) is 43.0 Å². The van der Waals surface area contributed by atoms with Crippen LogP contribution in [0.1, 0.15) is 59.2 Å². The van der Waals surface area contributed by atoms with Gasteiger partial charge in [-0.25, -0.2) is 4.98 Å². The average Bonchev–Trinajstić information content (AvgIpc) is 3.28. The molecule has 2 aliphatic rings. The first-order valence-electron chi connectivity index (χ1n) is 11.4. The van der Waals surface area contributed by atoms with Crippen LogP contribution in [0.15, 0.2) is 23.6 Å². The maximum absolute atomic E-state index is 13.1. The number of rotatable bonds is 6. The summed E-state index contributed by atoms with van der Waals surface area (Å²) in [6.07, 6.45) is 2.38. The molecule has 1 aromatic carbocycles. The number of carbonyl (C=O) groups is 1. The Kier molecular flexibility index (Phi) is 7.52. The van der Waals surface area contributed by atoms with Crippen LogP contribution in [-0.4, -0.2) is 70.8 Å². The van der Waals surface area contributed by atoms with Crippen LogP contribution in [0.4, 0.5) is 0 Å². The number of carbonyl (C=O) groups excluding carboxylic acids is 1. The van der Waals surface area contributed by atoms with Gasteiger partial charge in [-0.15, -0.1) is 11.3 Å². The highest BCUT2D eigenvalue weighted by molar-refractivity contribution is 7.09. The summed E-state index contributed by atoms with van der Waals surface area (Å²) in [6.45, 7) is 8.83. The van der Waals surface area contributed by atoms with Crippen molar-refractivity contribution < 1.29 is 14.6 Å². The van der Waals surface area contributed by atoms with Gasteiger partial charge in [0.1, 0.15) is 5.69 Å². The van der Waals surface area contributed by atoms with Crippen molar-refractivity contribution in [2.45, 2.75) is 51.2 Å². The Morgan fingerprint density at radius 1 is 1.31 bits per heavy atom. The molecule has 0 aliphatic carbocycles. The summed E-state index contributed by atoms with van der Waals surface area (Å²) in [5.74, 6) is 0.359. The summed E-state index contributed by atoms with van der Waals surface area (Å²) in [5, 5.41) is 12.8. The smallest absolute Gasteiger partial charge is 0.273 e. The number of aliphatic hydroxyl groups excluding tert-OH is 1. The van der Waals surface area contributed by atoms with Gasteiger partial charge in [-0.3, -0.25) is 9.69 Å². The molecule has 0 unspecified atom stereocenters. The van der Waals surface area contributed by atoms with Gasteiger partial charge in [0.2, 0.25) is 0 Å². The summed E-state index contributed by atoms with van der Waals surface area (Å²) in [7, 11) is 0. The van der Waals surface area contributed by atoms with Crippen molar-refractivity contribution in [3.8, 4) is 0 Å². The number of likely N-dealkylation sites (tertiary alicyclic amines) is 1. The Morgan fingerprint density at radius 3 is 2.78 bits per heavy atom. The van der Waals surface area contributed by atoms with E-state index in [1.54, 1.807) is 11.3 Å². The van der Waals surface area contributed by atoms with E-state index >= 15 is 0 Å². The van der Waals surface area contributed by atoms with E-state index in [-0.39, 0.29) is 18.1 Å². The third-order valence-electron chi connectivity index (χ3n) is 6.44. The van der Waals surface area contributed by atoms with Crippen molar-refractivity contribution in [3.63, 3.8) is 0 Å². The zero-order valence-corrected chi connectivity index (χ0v) is 20.4. The number of ether oxygens (including phenoxy) is 1. The third-order valence-corrected chi connectivity index (χ3v) is 7.95. The molecule has 8 heteroatoms. The lowest BCUT2D eigenvalue weighted by Gasteiger charge is -2.47. The number of amides is 1. The molecule has 174 valence electrons. The van der Waals surface area contributed by atoms with Crippen molar-refractivity contribution in [2.24, 2.45) is 0 Å². The zero-order chi connectivity index (χ0) is 22.7. The van der Waals surface area contributed by atoms with Crippen molar-refractivity contribution in [1.29, 1.82) is 0 Å². The molecule has 0 saturated carbocycles. The molecule has 6 nitrogen and oxygen atoms in total. The van der Waals surface area contributed by atoms with E-state index in [9.17, 15) is 9.90 Å². The van der Waals surface area contributed by atoms with Crippen molar-refractivity contribution >= 4 is 28.8 Å². The van der Waals surface area contributed by atoms with Crippen LogP contribution < -0.4 is 0 Å². The molecular formula is C24H32ClN3O3S. The van der Waals surface area contributed by atoms with Gasteiger partial charge in [-0.1, -0.05) is 37.6 Å². The van der Waals surface area contributed by atoms with E-state index in [1.165, 1.54) is 5.56 Å². The summed E-state index contributed by atoms with van der Waals surface area (Å²) in [4.78, 5) is 22.0. The highest BCUT2D eigenvalue weighted by atomic mass is 35.5. The zero-order valence-electron chi connectivity index (χ0n) is 18.8. The molecular weight excluding hydrogens is 446 g/mol. The predicted octanol–water partition coefficient (Wildman–Crippen LogP) is 3.96. The number of halogens is 1. The molecule has 0 radical (unpaired) electrons. The molecule has 32 heavy (non-hydrogen) atoms. The molecule has 1 spiro atoms. The number of thiazole rings is 1. The van der Waals surface area contributed by atoms with E-state index in [1.807, 2.05) is 16.3 Å². The molecule has 2 fully saturated rings. The number of aliphatic hydroxyl groups is 1. The number of piperidine rings is 1. The van der Waals surface area contributed by atoms with E-state index < -0.39 is 0 Å². The molecule has 2 aromatic rings. The fourth-order valence-corrected chi connectivity index (χ4v) is 5.57. The fourth-order valence-electron chi connectivity index (χ4n) is 4.55. The van der Waals surface area contributed by atoms with Gasteiger partial charge in [-0.2, -0.15) is 0 Å². The maximum Gasteiger partial charge on any atom is 0.273 e. The highest BCUT2D eigenvalue weighted by Crippen LogP contribution is 2.32. The van der Waals surface area contributed by atoms with E-state index in [2.05, 4.69) is 35.9 Å². The SMILES string of the molecule is CC(C)c1nc(C(=O)N2CCOC3(CCN(Cc4ccc(Cl)c(CCO)c4)CC3)C2)cs1. The van der Waals surface area contributed by atoms with Gasteiger partial charge >= 0.3 is 0 Å². The van der Waals surface area contributed by atoms with Crippen molar-refractivity contribution in [1.82, 2.24) is 14.8 Å². The van der Waals surface area contributed by atoms with E-state index in [4.69, 9.17) is 16.3 Å². The first kappa shape index (κ1) is 23.6. The number of morpholine rings is 1. The van der Waals surface area contributed by atoms with Gasteiger partial charge in [-0.05, 0) is 36.5 Å². The molecule has 0 bridgehead atoms. The molecule has 2 saturated heterocycles. The Balaban J connectivity index is 1.35. The van der Waals surface area contributed by atoms with Crippen LogP contribution >= 0.6 is 22.9 Å². The molecule has 1 N–H and O–H groups in total. The molecule has 3 heterocycles. The van der Waals surface area contributed by atoms with Crippen LogP contribution in [0, 0.1) is 0 Å². The van der Waals surface area contributed by atoms with Crippen LogP contribution in [0.3, 0.4) is 0 Å².